The molecule has 1 rings (SSSR count). The zero-order valence-electron chi connectivity index (χ0n) is 8.57. The van der Waals surface area contributed by atoms with Crippen LogP contribution in [-0.4, -0.2) is 27.7 Å². The van der Waals surface area contributed by atoms with Crippen molar-refractivity contribution < 1.29 is 14.6 Å². The van der Waals surface area contributed by atoms with E-state index in [0.29, 0.717) is 18.9 Å². The summed E-state index contributed by atoms with van der Waals surface area (Å²) < 4.78 is 5.25. The van der Waals surface area contributed by atoms with Gasteiger partial charge in [0.25, 0.3) is 0 Å². The van der Waals surface area contributed by atoms with Crippen molar-refractivity contribution in [3.05, 3.63) is 0 Å². The van der Waals surface area contributed by atoms with Gasteiger partial charge in [0, 0.05) is 3.92 Å². The molecule has 0 aliphatic heterocycles. The first-order chi connectivity index (χ1) is 6.56. The molecule has 0 bridgehead atoms. The molecule has 0 radical (unpaired) electrons. The second-order valence-corrected chi connectivity index (χ2v) is 5.49. The number of carbonyl (C=O) groups excluding carboxylic acids is 1. The highest BCUT2D eigenvalue weighted by Crippen LogP contribution is 2.34. The number of rotatable bonds is 2. The van der Waals surface area contributed by atoms with Crippen LogP contribution in [0, 0.1) is 11.8 Å². The third kappa shape index (κ3) is 2.82. The lowest BCUT2D eigenvalue weighted by Crippen LogP contribution is -2.39. The molecule has 4 atom stereocenters. The van der Waals surface area contributed by atoms with E-state index >= 15 is 0 Å². The molecule has 1 N–H and O–H groups in total. The second kappa shape index (κ2) is 5.30. The number of alkyl halides is 1. The summed E-state index contributed by atoms with van der Waals surface area (Å²) in [7, 11) is 0. The van der Waals surface area contributed by atoms with E-state index in [1.807, 2.05) is 6.92 Å². The van der Waals surface area contributed by atoms with Crippen molar-refractivity contribution in [2.24, 2.45) is 11.8 Å². The van der Waals surface area contributed by atoms with E-state index in [-0.39, 0.29) is 21.9 Å². The highest BCUT2D eigenvalue weighted by molar-refractivity contribution is 14.1. The smallest absolute Gasteiger partial charge is 0.309 e. The number of ether oxygens (including phenoxy) is 1. The van der Waals surface area contributed by atoms with Crippen molar-refractivity contribution in [2.45, 2.75) is 36.7 Å². The average molecular weight is 312 g/mol. The van der Waals surface area contributed by atoms with Gasteiger partial charge in [0.1, 0.15) is 0 Å². The van der Waals surface area contributed by atoms with Crippen LogP contribution in [0.25, 0.3) is 0 Å². The summed E-state index contributed by atoms with van der Waals surface area (Å²) in [5.41, 5.74) is 0. The van der Waals surface area contributed by atoms with Crippen molar-refractivity contribution in [1.82, 2.24) is 0 Å². The van der Waals surface area contributed by atoms with Crippen molar-refractivity contribution in [1.29, 1.82) is 0 Å². The van der Waals surface area contributed by atoms with Gasteiger partial charge in [0.15, 0.2) is 0 Å². The maximum absolute atomic E-state index is 11.5. The number of carbonyl (C=O) groups is 1. The Morgan fingerprint density at radius 2 is 2.21 bits per heavy atom. The van der Waals surface area contributed by atoms with Crippen molar-refractivity contribution in [3.8, 4) is 0 Å². The molecule has 0 amide bonds. The molecule has 0 unspecified atom stereocenters. The molecule has 0 aromatic carbocycles. The van der Waals surface area contributed by atoms with Gasteiger partial charge >= 0.3 is 5.97 Å². The number of hydrogen-bond donors (Lipinski definition) is 1. The first-order valence-corrected chi connectivity index (χ1v) is 6.29. The van der Waals surface area contributed by atoms with Gasteiger partial charge in [-0.1, -0.05) is 29.5 Å². The summed E-state index contributed by atoms with van der Waals surface area (Å²) in [6.45, 7) is 4.29. The molecule has 3 nitrogen and oxygen atoms in total. The SMILES string of the molecule is CCOC(=O)[C@@H]1C[C@H](O)[C@@H](I)C[C@H]1C. The summed E-state index contributed by atoms with van der Waals surface area (Å²) in [6, 6.07) is 0. The standard InChI is InChI=1S/C10H17IO3/c1-3-14-10(13)7-5-9(12)8(11)4-6(7)2/h6-9,12H,3-5H2,1-2H3/t6-,7-,8+,9+/m1/s1. The van der Waals surface area contributed by atoms with Crippen LogP contribution in [0.1, 0.15) is 26.7 Å². The fraction of sp³-hybridized carbons (Fsp3) is 0.900. The fourth-order valence-electron chi connectivity index (χ4n) is 1.89. The minimum atomic E-state index is -0.360. The van der Waals surface area contributed by atoms with Crippen LogP contribution in [0.15, 0.2) is 0 Å². The molecule has 82 valence electrons. The summed E-state index contributed by atoms with van der Waals surface area (Å²) >= 11 is 2.25. The van der Waals surface area contributed by atoms with Gasteiger partial charge in [-0.25, -0.2) is 0 Å². The van der Waals surface area contributed by atoms with Gasteiger partial charge in [-0.3, -0.25) is 4.79 Å². The molecule has 1 fully saturated rings. The van der Waals surface area contributed by atoms with E-state index in [1.54, 1.807) is 0 Å². The fourth-order valence-corrected chi connectivity index (χ4v) is 2.99. The molecule has 0 spiro atoms. The first-order valence-electron chi connectivity index (χ1n) is 5.05. The number of esters is 1. The van der Waals surface area contributed by atoms with E-state index in [4.69, 9.17) is 4.74 Å². The normalized spacial score (nSPS) is 38.0. The Morgan fingerprint density at radius 3 is 2.79 bits per heavy atom. The molecule has 0 aromatic heterocycles. The quantitative estimate of drug-likeness (QED) is 0.480. The lowest BCUT2D eigenvalue weighted by molar-refractivity contribution is -0.152. The minimum Gasteiger partial charge on any atom is -0.466 e. The number of aliphatic hydroxyl groups excluding tert-OH is 1. The zero-order chi connectivity index (χ0) is 10.7. The van der Waals surface area contributed by atoms with Crippen LogP contribution in [0.4, 0.5) is 0 Å². The van der Waals surface area contributed by atoms with Crippen LogP contribution >= 0.6 is 22.6 Å². The third-order valence-corrected chi connectivity index (χ3v) is 4.12. The lowest BCUT2D eigenvalue weighted by Gasteiger charge is -2.33. The van der Waals surface area contributed by atoms with Gasteiger partial charge < -0.3 is 9.84 Å². The predicted molar refractivity (Wildman–Crippen MR) is 62.3 cm³/mol. The lowest BCUT2D eigenvalue weighted by atomic mass is 9.79. The molecule has 0 saturated heterocycles. The van der Waals surface area contributed by atoms with Crippen LogP contribution < -0.4 is 0 Å². The maximum atomic E-state index is 11.5. The molecular formula is C10H17IO3. The van der Waals surface area contributed by atoms with E-state index in [2.05, 4.69) is 29.5 Å². The van der Waals surface area contributed by atoms with Gasteiger partial charge in [-0.15, -0.1) is 0 Å². The Labute approximate surface area is 98.3 Å². The molecule has 4 heteroatoms. The van der Waals surface area contributed by atoms with Gasteiger partial charge in [-0.05, 0) is 25.7 Å². The van der Waals surface area contributed by atoms with Crippen LogP contribution in [0.5, 0.6) is 0 Å². The van der Waals surface area contributed by atoms with E-state index < -0.39 is 0 Å². The summed E-state index contributed by atoms with van der Waals surface area (Å²) in [6.07, 6.45) is 1.08. The molecule has 1 aliphatic carbocycles. The topological polar surface area (TPSA) is 46.5 Å². The predicted octanol–water partition coefficient (Wildman–Crippen LogP) is 1.76. The van der Waals surface area contributed by atoms with E-state index in [0.717, 1.165) is 6.42 Å². The second-order valence-electron chi connectivity index (χ2n) is 3.89. The zero-order valence-corrected chi connectivity index (χ0v) is 10.7. The third-order valence-electron chi connectivity index (χ3n) is 2.79. The molecule has 14 heavy (non-hydrogen) atoms. The van der Waals surface area contributed by atoms with Crippen molar-refractivity contribution in [2.75, 3.05) is 6.61 Å². The van der Waals surface area contributed by atoms with Crippen LogP contribution in [0.3, 0.4) is 0 Å². The molecule has 0 aromatic rings. The van der Waals surface area contributed by atoms with Crippen LogP contribution in [0.2, 0.25) is 0 Å². The van der Waals surface area contributed by atoms with Gasteiger partial charge in [0.05, 0.1) is 18.6 Å². The van der Waals surface area contributed by atoms with Gasteiger partial charge in [-0.2, -0.15) is 0 Å². The Kier molecular flexibility index (Phi) is 4.63. The summed E-state index contributed by atoms with van der Waals surface area (Å²) in [5, 5.41) is 9.67. The number of aliphatic hydroxyl groups is 1. The largest absolute Gasteiger partial charge is 0.466 e. The molecule has 1 aliphatic rings. The average Bonchev–Trinajstić information content (AvgIpc) is 2.11. The van der Waals surface area contributed by atoms with Crippen molar-refractivity contribution >= 4 is 28.6 Å². The van der Waals surface area contributed by atoms with Crippen LogP contribution in [-0.2, 0) is 9.53 Å². The minimum absolute atomic E-state index is 0.115. The molecular weight excluding hydrogens is 295 g/mol. The number of hydrogen-bond acceptors (Lipinski definition) is 3. The Morgan fingerprint density at radius 1 is 1.57 bits per heavy atom. The Bertz CT molecular complexity index is 208. The Balaban J connectivity index is 2.56. The summed E-state index contributed by atoms with van der Waals surface area (Å²) in [5.74, 6) is 0.0534. The molecule has 0 heterocycles. The van der Waals surface area contributed by atoms with E-state index in [9.17, 15) is 9.90 Å². The Hall–Kier alpha value is 0.160. The van der Waals surface area contributed by atoms with E-state index in [1.165, 1.54) is 0 Å². The highest BCUT2D eigenvalue weighted by Gasteiger charge is 2.37. The van der Waals surface area contributed by atoms with Crippen molar-refractivity contribution in [3.63, 3.8) is 0 Å². The van der Waals surface area contributed by atoms with Gasteiger partial charge in [0.2, 0.25) is 0 Å². The highest BCUT2D eigenvalue weighted by atomic mass is 127. The maximum Gasteiger partial charge on any atom is 0.309 e. The molecule has 1 saturated carbocycles. The number of halogens is 1. The monoisotopic (exact) mass is 312 g/mol. The summed E-state index contributed by atoms with van der Waals surface area (Å²) in [4.78, 5) is 11.5. The first kappa shape index (κ1) is 12.2.